The summed E-state index contributed by atoms with van der Waals surface area (Å²) in [6.45, 7) is 4.28. The quantitative estimate of drug-likeness (QED) is 0.724. The van der Waals surface area contributed by atoms with Gasteiger partial charge in [-0.2, -0.15) is 5.10 Å². The van der Waals surface area contributed by atoms with Crippen LogP contribution in [0, 0.1) is 6.92 Å². The molecule has 0 aliphatic heterocycles. The molecule has 0 spiro atoms. The van der Waals surface area contributed by atoms with Gasteiger partial charge in [0.1, 0.15) is 5.69 Å². The van der Waals surface area contributed by atoms with Gasteiger partial charge in [-0.3, -0.25) is 9.67 Å². The van der Waals surface area contributed by atoms with Crippen LogP contribution in [0.4, 0.5) is 0 Å². The van der Waals surface area contributed by atoms with Gasteiger partial charge >= 0.3 is 0 Å². The molecule has 0 aliphatic rings. The Bertz CT molecular complexity index is 757. The van der Waals surface area contributed by atoms with E-state index in [9.17, 15) is 0 Å². The van der Waals surface area contributed by atoms with E-state index in [1.54, 1.807) is 0 Å². The standard InChI is InChI=1S/C18H19N3/c1-4-16-17(14-8-10-19-11-9-14)18(20-21(16)3)15-7-5-6-13(2)12-15/h5-12H,4H2,1-3H3. The SMILES string of the molecule is CCc1c(-c2ccncc2)c(-c2cccc(C)c2)nn1C. The van der Waals surface area contributed by atoms with Gasteiger partial charge in [-0.1, -0.05) is 30.7 Å². The number of pyridine rings is 1. The molecule has 2 aromatic heterocycles. The van der Waals surface area contributed by atoms with E-state index in [0.29, 0.717) is 0 Å². The maximum atomic E-state index is 4.77. The van der Waals surface area contributed by atoms with Gasteiger partial charge in [0.15, 0.2) is 0 Å². The zero-order chi connectivity index (χ0) is 14.8. The summed E-state index contributed by atoms with van der Waals surface area (Å²) in [5.74, 6) is 0. The van der Waals surface area contributed by atoms with Crippen LogP contribution in [-0.2, 0) is 13.5 Å². The van der Waals surface area contributed by atoms with E-state index in [1.165, 1.54) is 22.4 Å². The van der Waals surface area contributed by atoms with Crippen molar-refractivity contribution in [3.8, 4) is 22.4 Å². The van der Waals surface area contributed by atoms with Crippen molar-refractivity contribution in [3.05, 3.63) is 60.0 Å². The van der Waals surface area contributed by atoms with Gasteiger partial charge in [-0.25, -0.2) is 0 Å². The van der Waals surface area contributed by atoms with Gasteiger partial charge < -0.3 is 0 Å². The first-order chi connectivity index (χ1) is 10.2. The Balaban J connectivity index is 2.27. The molecule has 21 heavy (non-hydrogen) atoms. The van der Waals surface area contributed by atoms with Crippen molar-refractivity contribution in [2.24, 2.45) is 7.05 Å². The Morgan fingerprint density at radius 3 is 2.48 bits per heavy atom. The summed E-state index contributed by atoms with van der Waals surface area (Å²) in [6.07, 6.45) is 4.62. The second-order valence-electron chi connectivity index (χ2n) is 5.25. The zero-order valence-corrected chi connectivity index (χ0v) is 12.7. The molecule has 106 valence electrons. The number of nitrogens with zero attached hydrogens (tertiary/aromatic N) is 3. The topological polar surface area (TPSA) is 30.7 Å². The number of aromatic nitrogens is 3. The molecule has 0 fully saturated rings. The van der Waals surface area contributed by atoms with Gasteiger partial charge in [0.2, 0.25) is 0 Å². The fraction of sp³-hybridized carbons (Fsp3) is 0.222. The summed E-state index contributed by atoms with van der Waals surface area (Å²) >= 11 is 0. The van der Waals surface area contributed by atoms with E-state index in [4.69, 9.17) is 5.10 Å². The van der Waals surface area contributed by atoms with Gasteiger partial charge in [-0.05, 0) is 37.1 Å². The highest BCUT2D eigenvalue weighted by atomic mass is 15.3. The largest absolute Gasteiger partial charge is 0.271 e. The van der Waals surface area contributed by atoms with Crippen LogP contribution in [0.25, 0.3) is 22.4 Å². The van der Waals surface area contributed by atoms with Crippen LogP contribution in [0.2, 0.25) is 0 Å². The highest BCUT2D eigenvalue weighted by Crippen LogP contribution is 2.34. The molecular formula is C18H19N3. The Hall–Kier alpha value is -2.42. The Kier molecular flexibility index (Phi) is 3.57. The molecule has 1 aromatic carbocycles. The van der Waals surface area contributed by atoms with Crippen LogP contribution in [0.3, 0.4) is 0 Å². The average molecular weight is 277 g/mol. The molecule has 3 nitrogen and oxygen atoms in total. The minimum absolute atomic E-state index is 0.951. The minimum atomic E-state index is 0.951. The van der Waals surface area contributed by atoms with Gasteiger partial charge in [-0.15, -0.1) is 0 Å². The number of rotatable bonds is 3. The van der Waals surface area contributed by atoms with E-state index in [1.807, 2.05) is 24.1 Å². The van der Waals surface area contributed by atoms with Crippen molar-refractivity contribution in [3.63, 3.8) is 0 Å². The fourth-order valence-electron chi connectivity index (χ4n) is 2.78. The first-order valence-corrected chi connectivity index (χ1v) is 7.24. The van der Waals surface area contributed by atoms with Crippen molar-refractivity contribution in [2.75, 3.05) is 0 Å². The maximum absolute atomic E-state index is 4.77. The molecule has 0 aliphatic carbocycles. The lowest BCUT2D eigenvalue weighted by molar-refractivity contribution is 0.721. The smallest absolute Gasteiger partial charge is 0.100 e. The van der Waals surface area contributed by atoms with Crippen LogP contribution in [-0.4, -0.2) is 14.8 Å². The maximum Gasteiger partial charge on any atom is 0.100 e. The lowest BCUT2D eigenvalue weighted by atomic mass is 9.98. The monoisotopic (exact) mass is 277 g/mol. The molecule has 0 N–H and O–H groups in total. The van der Waals surface area contributed by atoms with E-state index in [-0.39, 0.29) is 0 Å². The van der Waals surface area contributed by atoms with E-state index >= 15 is 0 Å². The lowest BCUT2D eigenvalue weighted by Crippen LogP contribution is -1.97. The zero-order valence-electron chi connectivity index (χ0n) is 12.7. The second-order valence-corrected chi connectivity index (χ2v) is 5.25. The van der Waals surface area contributed by atoms with Crippen molar-refractivity contribution in [1.29, 1.82) is 0 Å². The molecule has 0 atom stereocenters. The number of hydrogen-bond acceptors (Lipinski definition) is 2. The molecule has 3 heteroatoms. The van der Waals surface area contributed by atoms with Crippen molar-refractivity contribution >= 4 is 0 Å². The molecule has 0 bridgehead atoms. The van der Waals surface area contributed by atoms with Gasteiger partial charge in [0.05, 0.1) is 0 Å². The van der Waals surface area contributed by atoms with E-state index in [2.05, 4.69) is 55.2 Å². The molecule has 3 aromatic rings. The van der Waals surface area contributed by atoms with E-state index < -0.39 is 0 Å². The summed E-state index contributed by atoms with van der Waals surface area (Å²) in [6, 6.07) is 12.6. The highest BCUT2D eigenvalue weighted by Gasteiger charge is 2.17. The third-order valence-electron chi connectivity index (χ3n) is 3.76. The summed E-state index contributed by atoms with van der Waals surface area (Å²) in [7, 11) is 2.02. The Labute approximate surface area is 125 Å². The van der Waals surface area contributed by atoms with Gasteiger partial charge in [0, 0.05) is 36.3 Å². The number of benzene rings is 1. The number of aryl methyl sites for hydroxylation is 2. The molecule has 0 saturated carbocycles. The molecule has 0 amide bonds. The molecule has 0 radical (unpaired) electrons. The first kappa shape index (κ1) is 13.6. The van der Waals surface area contributed by atoms with E-state index in [0.717, 1.165) is 17.7 Å². The summed E-state index contributed by atoms with van der Waals surface area (Å²) in [5.41, 5.74) is 7.09. The van der Waals surface area contributed by atoms with Gasteiger partial charge in [0.25, 0.3) is 0 Å². The molecule has 3 rings (SSSR count). The van der Waals surface area contributed by atoms with Crippen LogP contribution in [0.5, 0.6) is 0 Å². The predicted octanol–water partition coefficient (Wildman–Crippen LogP) is 4.02. The molecule has 0 saturated heterocycles. The summed E-state index contributed by atoms with van der Waals surface area (Å²) < 4.78 is 1.99. The average Bonchev–Trinajstić information content (AvgIpc) is 2.85. The Morgan fingerprint density at radius 1 is 1.05 bits per heavy atom. The highest BCUT2D eigenvalue weighted by molar-refractivity contribution is 5.82. The van der Waals surface area contributed by atoms with Crippen LogP contribution < -0.4 is 0 Å². The summed E-state index contributed by atoms with van der Waals surface area (Å²) in [4.78, 5) is 4.12. The normalized spacial score (nSPS) is 10.8. The first-order valence-electron chi connectivity index (χ1n) is 7.24. The predicted molar refractivity (Wildman–Crippen MR) is 86.0 cm³/mol. The second kappa shape index (κ2) is 5.52. The van der Waals surface area contributed by atoms with Crippen molar-refractivity contribution in [1.82, 2.24) is 14.8 Å². The van der Waals surface area contributed by atoms with Crippen molar-refractivity contribution in [2.45, 2.75) is 20.3 Å². The van der Waals surface area contributed by atoms with Crippen LogP contribution >= 0.6 is 0 Å². The molecular weight excluding hydrogens is 258 g/mol. The van der Waals surface area contributed by atoms with Crippen LogP contribution in [0.15, 0.2) is 48.8 Å². The van der Waals surface area contributed by atoms with Crippen LogP contribution in [0.1, 0.15) is 18.2 Å². The third kappa shape index (κ3) is 2.47. The fourth-order valence-corrected chi connectivity index (χ4v) is 2.78. The van der Waals surface area contributed by atoms with Crippen molar-refractivity contribution < 1.29 is 0 Å². The molecule has 2 heterocycles. The summed E-state index contributed by atoms with van der Waals surface area (Å²) in [5, 5.41) is 4.77. The molecule has 0 unspecified atom stereocenters. The lowest BCUT2D eigenvalue weighted by Gasteiger charge is -2.06. The minimum Gasteiger partial charge on any atom is -0.271 e. The third-order valence-corrected chi connectivity index (χ3v) is 3.76. The number of hydrogen-bond donors (Lipinski definition) is 0. The Morgan fingerprint density at radius 2 is 1.81 bits per heavy atom.